The highest BCUT2D eigenvalue weighted by Crippen LogP contribution is 2.46. The van der Waals surface area contributed by atoms with Crippen molar-refractivity contribution in [1.82, 2.24) is 30.2 Å². The summed E-state index contributed by atoms with van der Waals surface area (Å²) in [6.45, 7) is -0.249. The Morgan fingerprint density at radius 1 is 0.938 bits per heavy atom. The molecule has 64 heavy (non-hydrogen) atoms. The third-order valence-corrected chi connectivity index (χ3v) is 14.5. The van der Waals surface area contributed by atoms with Crippen LogP contribution in [0.2, 0.25) is 0 Å². The Labute approximate surface area is 364 Å². The molecule has 4 aromatic rings. The quantitative estimate of drug-likeness (QED) is 0.127. The molecule has 4 amide bonds. The number of hydrogen-bond acceptors (Lipinski definition) is 11. The second-order valence-corrected chi connectivity index (χ2v) is 19.3. The summed E-state index contributed by atoms with van der Waals surface area (Å²) >= 11 is 0. The molecule has 5 atom stereocenters. The Kier molecular flexibility index (Phi) is 11.5. The van der Waals surface area contributed by atoms with Gasteiger partial charge in [-0.2, -0.15) is 18.2 Å². The summed E-state index contributed by atoms with van der Waals surface area (Å²) in [4.78, 5) is 66.8. The van der Waals surface area contributed by atoms with Crippen molar-refractivity contribution in [3.63, 3.8) is 0 Å². The van der Waals surface area contributed by atoms with Gasteiger partial charge in [-0.25, -0.2) is 22.6 Å². The average molecular weight is 911 g/mol. The molecule has 3 saturated carbocycles. The fraction of sp³-hybridized carbons (Fsp3) is 0.500. The first-order valence-electron chi connectivity index (χ1n) is 21.6. The number of nitrogens with zero attached hydrogens (tertiary/aromatic N) is 3. The lowest BCUT2D eigenvalue weighted by atomic mass is 10.0. The van der Waals surface area contributed by atoms with Gasteiger partial charge >= 0.3 is 12.3 Å². The molecule has 1 saturated heterocycles. The molecule has 4 heterocycles. The van der Waals surface area contributed by atoms with E-state index in [1.807, 2.05) is 6.08 Å². The Hall–Kier alpha value is -5.79. The standard InChI is InChI=1S/C44H46F4N6O9S/c45-27-16-19-31-34(20-27)63-36-35(31)50-37(24-12-14-25(15-13-24)44(46,47)48)51-39(36)61-29-21-33-38(55)52-43(41(57)53-64(59,60)30-17-18-30)22-26(43)8-4-2-1-3-5-11-32(40(56)54(33)23-29)49-42(58)62-28-9-6-7-10-28/h4,8,12-16,19-20,26,28-30,32-33H,1-3,5-7,9-11,17-18,21-23H2,(H,49,58)(H,52,55)(H,53,57)/b8-4-/t26-,29+,32-,33-,43+/m0/s1. The monoisotopic (exact) mass is 910 g/mol. The van der Waals surface area contributed by atoms with E-state index in [0.717, 1.165) is 37.5 Å². The summed E-state index contributed by atoms with van der Waals surface area (Å²) < 4.78 is 101. The predicted octanol–water partition coefficient (Wildman–Crippen LogP) is 6.59. The zero-order chi connectivity index (χ0) is 45.0. The van der Waals surface area contributed by atoms with Crippen molar-refractivity contribution in [2.45, 2.75) is 125 Å². The number of hydrogen-bond donors (Lipinski definition) is 3. The van der Waals surface area contributed by atoms with Gasteiger partial charge in [-0.3, -0.25) is 19.1 Å². The van der Waals surface area contributed by atoms with Crippen LogP contribution in [0.5, 0.6) is 5.88 Å². The van der Waals surface area contributed by atoms with E-state index in [1.165, 1.54) is 29.2 Å². The van der Waals surface area contributed by atoms with E-state index in [0.29, 0.717) is 50.3 Å². The number of carbonyl (C=O) groups excluding carboxylic acids is 4. The van der Waals surface area contributed by atoms with Crippen molar-refractivity contribution in [3.05, 3.63) is 66.0 Å². The Balaban J connectivity index is 1.06. The van der Waals surface area contributed by atoms with Gasteiger partial charge in [-0.1, -0.05) is 37.1 Å². The molecule has 0 spiro atoms. The number of amides is 4. The molecule has 0 bridgehead atoms. The number of fused-ring (bicyclic) bond motifs is 5. The van der Waals surface area contributed by atoms with Crippen molar-refractivity contribution in [2.24, 2.45) is 5.92 Å². The maximum atomic E-state index is 14.7. The van der Waals surface area contributed by atoms with Crippen LogP contribution in [0.1, 0.15) is 89.0 Å². The first-order valence-corrected chi connectivity index (χ1v) is 23.2. The van der Waals surface area contributed by atoms with Gasteiger partial charge < -0.3 is 29.4 Å². The molecule has 4 fully saturated rings. The Bertz CT molecular complexity index is 2630. The van der Waals surface area contributed by atoms with Crippen molar-refractivity contribution in [3.8, 4) is 17.3 Å². The molecule has 2 aromatic carbocycles. The van der Waals surface area contributed by atoms with Gasteiger partial charge in [0.25, 0.3) is 11.8 Å². The minimum absolute atomic E-state index is 0.0363. The van der Waals surface area contributed by atoms with Gasteiger partial charge in [0, 0.05) is 29.4 Å². The van der Waals surface area contributed by atoms with Gasteiger partial charge in [-0.05, 0) is 88.5 Å². The fourth-order valence-electron chi connectivity index (χ4n) is 8.95. The molecule has 2 aliphatic heterocycles. The summed E-state index contributed by atoms with van der Waals surface area (Å²) in [6, 6.07) is 5.43. The van der Waals surface area contributed by atoms with Crippen molar-refractivity contribution in [2.75, 3.05) is 6.54 Å². The first kappa shape index (κ1) is 43.5. The minimum Gasteiger partial charge on any atom is -0.470 e. The fourth-order valence-corrected chi connectivity index (χ4v) is 10.3. The van der Waals surface area contributed by atoms with Crippen molar-refractivity contribution in [1.29, 1.82) is 0 Å². The zero-order valence-electron chi connectivity index (χ0n) is 34.5. The highest BCUT2D eigenvalue weighted by Gasteiger charge is 2.62. The number of sulfonamides is 1. The maximum Gasteiger partial charge on any atom is 0.416 e. The van der Waals surface area contributed by atoms with Crippen LogP contribution >= 0.6 is 0 Å². The molecule has 340 valence electrons. The molecule has 3 aliphatic carbocycles. The molecular formula is C44H46F4N6O9S. The Morgan fingerprint density at radius 2 is 1.69 bits per heavy atom. The normalized spacial score (nSPS) is 26.3. The lowest BCUT2D eigenvalue weighted by Gasteiger charge is -2.30. The number of rotatable bonds is 8. The molecule has 0 radical (unpaired) electrons. The third-order valence-electron chi connectivity index (χ3n) is 12.7. The largest absolute Gasteiger partial charge is 0.470 e. The molecule has 20 heteroatoms. The molecule has 15 nitrogen and oxygen atoms in total. The molecular weight excluding hydrogens is 865 g/mol. The molecule has 2 aromatic heterocycles. The molecule has 0 unspecified atom stereocenters. The lowest BCUT2D eigenvalue weighted by Crippen LogP contribution is -2.58. The van der Waals surface area contributed by atoms with Crippen LogP contribution in [0.15, 0.2) is 59.0 Å². The van der Waals surface area contributed by atoms with Crippen LogP contribution in [0.4, 0.5) is 22.4 Å². The number of ether oxygens (including phenoxy) is 2. The molecule has 3 N–H and O–H groups in total. The number of benzene rings is 2. The zero-order valence-corrected chi connectivity index (χ0v) is 35.3. The van der Waals surface area contributed by atoms with Crippen LogP contribution in [0.3, 0.4) is 0 Å². The number of allylic oxidation sites excluding steroid dienone is 1. The van der Waals surface area contributed by atoms with E-state index >= 15 is 0 Å². The van der Waals surface area contributed by atoms with Crippen LogP contribution in [0, 0.1) is 11.7 Å². The smallest absolute Gasteiger partial charge is 0.416 e. The van der Waals surface area contributed by atoms with E-state index in [9.17, 15) is 45.2 Å². The minimum atomic E-state index is -4.60. The maximum absolute atomic E-state index is 14.7. The topological polar surface area (TPSA) is 199 Å². The summed E-state index contributed by atoms with van der Waals surface area (Å²) in [5.41, 5.74) is -2.15. The van der Waals surface area contributed by atoms with Gasteiger partial charge in [0.05, 0.1) is 17.4 Å². The lowest BCUT2D eigenvalue weighted by molar-refractivity contribution is -0.141. The van der Waals surface area contributed by atoms with Gasteiger partial charge in [0.1, 0.15) is 46.7 Å². The second kappa shape index (κ2) is 17.0. The summed E-state index contributed by atoms with van der Waals surface area (Å²) in [6.07, 6.45) is 3.71. The number of alkyl carbamates (subject to hydrolysis) is 1. The second-order valence-electron chi connectivity index (χ2n) is 17.4. The van der Waals surface area contributed by atoms with Gasteiger partial charge in [0.2, 0.25) is 27.4 Å². The SMILES string of the molecule is O=C(N[C@H]1CCCCC/C=C\[C@H]2C[C@@]2(C(=O)NS(=O)(=O)C2CC2)NC(=O)[C@@H]2C[C@@H](Oc3nc(-c4ccc(C(F)(F)F)cc4)nc4c3oc3cc(F)ccc34)CN2C1=O)OC1CCCC1. The molecule has 9 rings (SSSR count). The predicted molar refractivity (Wildman–Crippen MR) is 221 cm³/mol. The molecule has 5 aliphatic rings. The summed E-state index contributed by atoms with van der Waals surface area (Å²) in [5.74, 6) is -3.70. The van der Waals surface area contributed by atoms with Crippen LogP contribution in [-0.2, 0) is 35.3 Å². The Morgan fingerprint density at radius 3 is 2.42 bits per heavy atom. The van der Waals surface area contributed by atoms with Crippen LogP contribution in [0.25, 0.3) is 33.5 Å². The van der Waals surface area contributed by atoms with E-state index in [2.05, 4.69) is 25.3 Å². The number of halogens is 4. The third kappa shape index (κ3) is 8.97. The number of aromatic nitrogens is 2. The first-order chi connectivity index (χ1) is 30.6. The number of nitrogens with one attached hydrogen (secondary N) is 3. The van der Waals surface area contributed by atoms with Crippen LogP contribution < -0.4 is 20.1 Å². The summed E-state index contributed by atoms with van der Waals surface area (Å²) in [7, 11) is -3.99. The van der Waals surface area contributed by atoms with E-state index in [-0.39, 0.29) is 65.9 Å². The van der Waals surface area contributed by atoms with E-state index in [1.54, 1.807) is 6.08 Å². The van der Waals surface area contributed by atoms with Gasteiger partial charge in [0.15, 0.2) is 5.82 Å². The van der Waals surface area contributed by atoms with Crippen molar-refractivity contribution >= 4 is 55.9 Å². The highest BCUT2D eigenvalue weighted by atomic mass is 32.2. The number of furan rings is 1. The number of carbonyl (C=O) groups is 4. The van der Waals surface area contributed by atoms with E-state index < -0.39 is 86.3 Å². The van der Waals surface area contributed by atoms with Crippen molar-refractivity contribution < 1.29 is 59.0 Å². The van der Waals surface area contributed by atoms with E-state index in [4.69, 9.17) is 13.9 Å². The summed E-state index contributed by atoms with van der Waals surface area (Å²) in [5, 5.41) is 5.20. The number of alkyl halides is 3. The van der Waals surface area contributed by atoms with Crippen LogP contribution in [-0.4, -0.2) is 88.7 Å². The van der Waals surface area contributed by atoms with Gasteiger partial charge in [-0.15, -0.1) is 0 Å². The average Bonchev–Trinajstić information content (AvgIpc) is 4.06. The highest BCUT2D eigenvalue weighted by molar-refractivity contribution is 7.91.